The highest BCUT2D eigenvalue weighted by Gasteiger charge is 2.40. The highest BCUT2D eigenvalue weighted by molar-refractivity contribution is 5.71. The summed E-state index contributed by atoms with van der Waals surface area (Å²) in [5.74, 6) is 0.270. The molecule has 0 saturated heterocycles. The van der Waals surface area contributed by atoms with Crippen LogP contribution in [0.25, 0.3) is 0 Å². The number of ether oxygens (including phenoxy) is 3. The molecule has 92 valence electrons. The molecule has 1 aromatic carbocycles. The molecule has 0 amide bonds. The zero-order valence-corrected chi connectivity index (χ0v) is 9.89. The summed E-state index contributed by atoms with van der Waals surface area (Å²) in [6.45, 7) is 1.31. The maximum absolute atomic E-state index is 10.9. The second-order valence-corrected chi connectivity index (χ2v) is 3.79. The smallest absolute Gasteiger partial charge is 0.308 e. The van der Waals surface area contributed by atoms with Crippen LogP contribution in [0.2, 0.25) is 0 Å². The number of fused-ring (bicyclic) bond motifs is 1. The first-order valence-electron chi connectivity index (χ1n) is 5.20. The highest BCUT2D eigenvalue weighted by atomic mass is 16.6. The van der Waals surface area contributed by atoms with Crippen molar-refractivity contribution in [1.82, 2.24) is 0 Å². The number of rotatable bonds is 3. The van der Waals surface area contributed by atoms with E-state index in [1.807, 2.05) is 0 Å². The molecule has 17 heavy (non-hydrogen) atoms. The molecule has 0 aromatic heterocycles. The van der Waals surface area contributed by atoms with E-state index in [1.165, 1.54) is 21.1 Å². The monoisotopic (exact) mass is 238 g/mol. The van der Waals surface area contributed by atoms with Gasteiger partial charge in [-0.2, -0.15) is 0 Å². The normalized spacial score (nSPS) is 21.4. The number of carbonyl (C=O) groups excluding carboxylic acids is 1. The van der Waals surface area contributed by atoms with Gasteiger partial charge in [-0.25, -0.2) is 0 Å². The van der Waals surface area contributed by atoms with E-state index < -0.39 is 12.1 Å². The van der Waals surface area contributed by atoms with E-state index in [-0.39, 0.29) is 6.10 Å². The molecule has 0 heterocycles. The molecule has 0 fully saturated rings. The molecule has 1 aliphatic carbocycles. The molecular weight excluding hydrogens is 224 g/mol. The minimum atomic E-state index is -0.750. The molecule has 2 atom stereocenters. The van der Waals surface area contributed by atoms with Crippen molar-refractivity contribution in [3.8, 4) is 11.5 Å². The fourth-order valence-electron chi connectivity index (χ4n) is 2.07. The maximum Gasteiger partial charge on any atom is 0.308 e. The van der Waals surface area contributed by atoms with E-state index >= 15 is 0 Å². The summed E-state index contributed by atoms with van der Waals surface area (Å²) < 4.78 is 15.3. The fraction of sp³-hybridized carbons (Fsp3) is 0.417. The summed E-state index contributed by atoms with van der Waals surface area (Å²) in [6, 6.07) is 3.40. The number of hydrogen-bond acceptors (Lipinski definition) is 5. The Morgan fingerprint density at radius 3 is 2.59 bits per heavy atom. The second kappa shape index (κ2) is 4.35. The molecule has 5 heteroatoms. The van der Waals surface area contributed by atoms with Gasteiger partial charge in [-0.3, -0.25) is 4.79 Å². The van der Waals surface area contributed by atoms with E-state index in [1.54, 1.807) is 12.1 Å². The number of hydrogen-bond donors (Lipinski definition) is 1. The molecule has 1 N–H and O–H groups in total. The lowest BCUT2D eigenvalue weighted by molar-refractivity contribution is -0.132. The van der Waals surface area contributed by atoms with Crippen LogP contribution in [0.4, 0.5) is 0 Å². The number of benzene rings is 1. The van der Waals surface area contributed by atoms with Crippen LogP contribution >= 0.6 is 0 Å². The van der Waals surface area contributed by atoms with E-state index in [9.17, 15) is 9.90 Å². The minimum Gasteiger partial charge on any atom is -0.492 e. The summed E-state index contributed by atoms with van der Waals surface area (Å²) >= 11 is 0. The average molecular weight is 238 g/mol. The molecule has 5 nitrogen and oxygen atoms in total. The second-order valence-electron chi connectivity index (χ2n) is 3.79. The molecular formula is C12H14O5. The number of aliphatic hydroxyl groups excluding tert-OH is 1. The lowest BCUT2D eigenvalue weighted by Gasteiger charge is -2.36. The van der Waals surface area contributed by atoms with Gasteiger partial charge >= 0.3 is 5.97 Å². The van der Waals surface area contributed by atoms with Crippen LogP contribution < -0.4 is 9.47 Å². The zero-order chi connectivity index (χ0) is 12.6. The first-order chi connectivity index (χ1) is 8.10. The molecule has 0 radical (unpaired) electrons. The number of carbonyl (C=O) groups is 1. The third-order valence-electron chi connectivity index (χ3n) is 2.79. The largest absolute Gasteiger partial charge is 0.492 e. The predicted octanol–water partition coefficient (Wildman–Crippen LogP) is 1.35. The lowest BCUT2D eigenvalue weighted by atomic mass is 9.81. The van der Waals surface area contributed by atoms with Crippen molar-refractivity contribution in [3.05, 3.63) is 23.3 Å². The van der Waals surface area contributed by atoms with Crippen molar-refractivity contribution < 1.29 is 24.1 Å². The van der Waals surface area contributed by atoms with Crippen molar-refractivity contribution in [2.75, 3.05) is 14.2 Å². The van der Waals surface area contributed by atoms with Gasteiger partial charge in [0.2, 0.25) is 0 Å². The van der Waals surface area contributed by atoms with Gasteiger partial charge in [0.1, 0.15) is 12.2 Å². The van der Waals surface area contributed by atoms with E-state index in [0.29, 0.717) is 17.1 Å². The van der Waals surface area contributed by atoms with Crippen molar-refractivity contribution >= 4 is 5.97 Å². The molecule has 0 unspecified atom stereocenters. The van der Waals surface area contributed by atoms with Crippen molar-refractivity contribution in [2.45, 2.75) is 19.1 Å². The summed E-state index contributed by atoms with van der Waals surface area (Å²) in [5.41, 5.74) is 1.48. The quantitative estimate of drug-likeness (QED) is 0.636. The molecule has 0 saturated carbocycles. The Morgan fingerprint density at radius 2 is 2.06 bits per heavy atom. The van der Waals surface area contributed by atoms with Gasteiger partial charge < -0.3 is 19.3 Å². The van der Waals surface area contributed by atoms with E-state index in [0.717, 1.165) is 5.56 Å². The average Bonchev–Trinajstić information content (AvgIpc) is 2.29. The van der Waals surface area contributed by atoms with Gasteiger partial charge in [0, 0.05) is 19.6 Å². The van der Waals surface area contributed by atoms with Gasteiger partial charge in [-0.05, 0) is 11.6 Å². The summed E-state index contributed by atoms with van der Waals surface area (Å²) in [6.07, 6.45) is -1.09. The maximum atomic E-state index is 10.9. The molecule has 0 bridgehead atoms. The van der Waals surface area contributed by atoms with Gasteiger partial charge in [0.05, 0.1) is 7.11 Å². The molecule has 2 rings (SSSR count). The van der Waals surface area contributed by atoms with Gasteiger partial charge in [0.25, 0.3) is 0 Å². The molecule has 1 aliphatic rings. The molecule has 0 spiro atoms. The number of aliphatic hydroxyl groups is 1. The van der Waals surface area contributed by atoms with Gasteiger partial charge in [0.15, 0.2) is 11.5 Å². The Kier molecular flexibility index (Phi) is 3.04. The Morgan fingerprint density at radius 1 is 1.35 bits per heavy atom. The molecule has 1 aromatic rings. The Hall–Kier alpha value is -1.59. The fourth-order valence-corrected chi connectivity index (χ4v) is 2.07. The minimum absolute atomic E-state index is 0.312. The van der Waals surface area contributed by atoms with Crippen LogP contribution in [-0.4, -0.2) is 25.3 Å². The Labute approximate surface area is 98.9 Å². The van der Waals surface area contributed by atoms with Crippen LogP contribution in [0.15, 0.2) is 12.1 Å². The SMILES string of the molecule is COc1c(OC(C)=O)ccc2c1[C@@H](O)[C@@H]2OC. The van der Waals surface area contributed by atoms with E-state index in [2.05, 4.69) is 0 Å². The first kappa shape index (κ1) is 11.9. The lowest BCUT2D eigenvalue weighted by Crippen LogP contribution is -2.26. The van der Waals surface area contributed by atoms with Crippen molar-refractivity contribution in [3.63, 3.8) is 0 Å². The third-order valence-corrected chi connectivity index (χ3v) is 2.79. The van der Waals surface area contributed by atoms with Crippen molar-refractivity contribution in [1.29, 1.82) is 0 Å². The summed E-state index contributed by atoms with van der Waals surface area (Å²) in [5, 5.41) is 9.88. The summed E-state index contributed by atoms with van der Waals surface area (Å²) in [4.78, 5) is 10.9. The summed E-state index contributed by atoms with van der Waals surface area (Å²) in [7, 11) is 3.00. The first-order valence-corrected chi connectivity index (χ1v) is 5.20. The van der Waals surface area contributed by atoms with E-state index in [4.69, 9.17) is 14.2 Å². The van der Waals surface area contributed by atoms with Crippen LogP contribution in [-0.2, 0) is 9.53 Å². The van der Waals surface area contributed by atoms with Crippen LogP contribution in [0.5, 0.6) is 11.5 Å². The third kappa shape index (κ3) is 1.77. The topological polar surface area (TPSA) is 65.0 Å². The molecule has 0 aliphatic heterocycles. The van der Waals surface area contributed by atoms with Crippen LogP contribution in [0, 0.1) is 0 Å². The number of methoxy groups -OCH3 is 2. The Bertz CT molecular complexity index is 454. The van der Waals surface area contributed by atoms with Crippen LogP contribution in [0.3, 0.4) is 0 Å². The van der Waals surface area contributed by atoms with Crippen molar-refractivity contribution in [2.24, 2.45) is 0 Å². The highest BCUT2D eigenvalue weighted by Crippen LogP contribution is 2.52. The van der Waals surface area contributed by atoms with Crippen LogP contribution in [0.1, 0.15) is 30.3 Å². The van der Waals surface area contributed by atoms with Gasteiger partial charge in [-0.15, -0.1) is 0 Å². The zero-order valence-electron chi connectivity index (χ0n) is 9.89. The predicted molar refractivity (Wildman–Crippen MR) is 59.0 cm³/mol. The Balaban J connectivity index is 2.44. The standard InChI is InChI=1S/C12H14O5/c1-6(13)17-8-5-4-7-9(12(8)16-3)10(14)11(7)15-2/h4-5,10-11,14H,1-3H3/t10-,11-/m1/s1. The van der Waals surface area contributed by atoms with Gasteiger partial charge in [-0.1, -0.05) is 6.07 Å². The number of esters is 1.